The molecule has 0 atom stereocenters. The van der Waals surface area contributed by atoms with E-state index in [-0.39, 0.29) is 0 Å². The Morgan fingerprint density at radius 2 is 1.87 bits per heavy atom. The summed E-state index contributed by atoms with van der Waals surface area (Å²) in [5.74, 6) is 0. The van der Waals surface area contributed by atoms with Crippen LogP contribution >= 0.6 is 0 Å². The summed E-state index contributed by atoms with van der Waals surface area (Å²) in [5.41, 5.74) is 0. The first-order valence-corrected chi connectivity index (χ1v) is 6.44. The number of hydrogen-bond acceptors (Lipinski definition) is 3. The smallest absolute Gasteiger partial charge is 0.0107 e. The Hall–Kier alpha value is -0.120. The van der Waals surface area contributed by atoms with Crippen LogP contribution in [0, 0.1) is 0 Å². The summed E-state index contributed by atoms with van der Waals surface area (Å²) in [6.45, 7) is 10.9. The van der Waals surface area contributed by atoms with E-state index >= 15 is 0 Å². The fraction of sp³-hybridized carbons (Fsp3) is 1.00. The molecule has 0 aliphatic carbocycles. The lowest BCUT2D eigenvalue weighted by atomic mass is 10.2. The van der Waals surface area contributed by atoms with Crippen molar-refractivity contribution in [2.45, 2.75) is 26.2 Å². The van der Waals surface area contributed by atoms with Crippen molar-refractivity contribution in [3.63, 3.8) is 0 Å². The number of hydrogen-bond donors (Lipinski definition) is 1. The van der Waals surface area contributed by atoms with Gasteiger partial charge >= 0.3 is 0 Å². The molecule has 1 aliphatic heterocycles. The lowest BCUT2D eigenvalue weighted by Gasteiger charge is -2.27. The average Bonchev–Trinajstić information content (AvgIpc) is 2.26. The molecule has 3 heteroatoms. The third kappa shape index (κ3) is 6.13. The van der Waals surface area contributed by atoms with Gasteiger partial charge in [0.2, 0.25) is 0 Å². The van der Waals surface area contributed by atoms with Crippen molar-refractivity contribution in [2.75, 3.05) is 52.9 Å². The zero-order valence-electron chi connectivity index (χ0n) is 10.5. The Morgan fingerprint density at radius 1 is 1.13 bits per heavy atom. The highest BCUT2D eigenvalue weighted by atomic mass is 15.2. The van der Waals surface area contributed by atoms with Gasteiger partial charge in [0, 0.05) is 26.2 Å². The van der Waals surface area contributed by atoms with Gasteiger partial charge in [-0.3, -0.25) is 0 Å². The average molecular weight is 213 g/mol. The SMILES string of the molecule is CCCN(C)CCCCN1CCNCC1. The molecule has 1 N–H and O–H groups in total. The van der Waals surface area contributed by atoms with Crippen LogP contribution in [0.25, 0.3) is 0 Å². The van der Waals surface area contributed by atoms with Crippen molar-refractivity contribution >= 4 is 0 Å². The maximum atomic E-state index is 3.39. The molecule has 0 unspecified atom stereocenters. The highest BCUT2D eigenvalue weighted by Crippen LogP contribution is 1.99. The Bertz CT molecular complexity index is 144. The molecule has 0 amide bonds. The van der Waals surface area contributed by atoms with Gasteiger partial charge in [0.15, 0.2) is 0 Å². The first-order chi connectivity index (χ1) is 7.33. The highest BCUT2D eigenvalue weighted by Gasteiger charge is 2.08. The molecule has 0 radical (unpaired) electrons. The molecular weight excluding hydrogens is 186 g/mol. The number of rotatable bonds is 7. The normalized spacial score (nSPS) is 18.6. The predicted octanol–water partition coefficient (Wildman–Crippen LogP) is 1.01. The predicted molar refractivity (Wildman–Crippen MR) is 66.3 cm³/mol. The fourth-order valence-electron chi connectivity index (χ4n) is 2.15. The molecule has 1 fully saturated rings. The summed E-state index contributed by atoms with van der Waals surface area (Å²) in [7, 11) is 2.23. The van der Waals surface area contributed by atoms with Gasteiger partial charge in [-0.05, 0) is 45.9 Å². The third-order valence-electron chi connectivity index (χ3n) is 3.08. The molecule has 3 nitrogen and oxygen atoms in total. The second-order valence-corrected chi connectivity index (χ2v) is 4.60. The van der Waals surface area contributed by atoms with Crippen LogP contribution in [0.1, 0.15) is 26.2 Å². The number of nitrogens with zero attached hydrogens (tertiary/aromatic N) is 2. The third-order valence-corrected chi connectivity index (χ3v) is 3.08. The summed E-state index contributed by atoms with van der Waals surface area (Å²) < 4.78 is 0. The molecule has 90 valence electrons. The topological polar surface area (TPSA) is 18.5 Å². The van der Waals surface area contributed by atoms with Crippen LogP contribution in [-0.2, 0) is 0 Å². The maximum Gasteiger partial charge on any atom is 0.0107 e. The van der Waals surface area contributed by atoms with Gasteiger partial charge in [-0.25, -0.2) is 0 Å². The van der Waals surface area contributed by atoms with E-state index in [0.29, 0.717) is 0 Å². The summed E-state index contributed by atoms with van der Waals surface area (Å²) in [6.07, 6.45) is 3.97. The van der Waals surface area contributed by atoms with Crippen LogP contribution in [0.3, 0.4) is 0 Å². The van der Waals surface area contributed by atoms with Crippen molar-refractivity contribution < 1.29 is 0 Å². The molecule has 0 aromatic carbocycles. The Morgan fingerprint density at radius 3 is 2.53 bits per heavy atom. The summed E-state index contributed by atoms with van der Waals surface area (Å²) in [4.78, 5) is 5.02. The Labute approximate surface area is 94.8 Å². The van der Waals surface area contributed by atoms with Crippen molar-refractivity contribution in [3.8, 4) is 0 Å². The van der Waals surface area contributed by atoms with E-state index in [9.17, 15) is 0 Å². The van der Waals surface area contributed by atoms with E-state index in [2.05, 4.69) is 29.1 Å². The zero-order valence-corrected chi connectivity index (χ0v) is 10.5. The number of unbranched alkanes of at least 4 members (excludes halogenated alkanes) is 1. The monoisotopic (exact) mass is 213 g/mol. The molecule has 0 saturated carbocycles. The van der Waals surface area contributed by atoms with E-state index < -0.39 is 0 Å². The van der Waals surface area contributed by atoms with Crippen LogP contribution in [0.15, 0.2) is 0 Å². The second-order valence-electron chi connectivity index (χ2n) is 4.60. The van der Waals surface area contributed by atoms with Crippen molar-refractivity contribution in [2.24, 2.45) is 0 Å². The van der Waals surface area contributed by atoms with Gasteiger partial charge in [0.1, 0.15) is 0 Å². The molecule has 1 rings (SSSR count). The first-order valence-electron chi connectivity index (χ1n) is 6.44. The quantitative estimate of drug-likeness (QED) is 0.637. The number of piperazine rings is 1. The lowest BCUT2D eigenvalue weighted by molar-refractivity contribution is 0.230. The molecule has 15 heavy (non-hydrogen) atoms. The molecule has 1 heterocycles. The minimum Gasteiger partial charge on any atom is -0.314 e. The molecule has 0 bridgehead atoms. The molecule has 0 spiro atoms. The molecule has 1 saturated heterocycles. The van der Waals surface area contributed by atoms with Crippen LogP contribution < -0.4 is 5.32 Å². The highest BCUT2D eigenvalue weighted by molar-refractivity contribution is 4.67. The standard InChI is InChI=1S/C12H27N3/c1-3-8-14(2)9-4-5-10-15-11-6-13-7-12-15/h13H,3-12H2,1-2H3. The van der Waals surface area contributed by atoms with Crippen molar-refractivity contribution in [1.82, 2.24) is 15.1 Å². The lowest BCUT2D eigenvalue weighted by Crippen LogP contribution is -2.43. The minimum absolute atomic E-state index is 1.18. The van der Waals surface area contributed by atoms with Crippen molar-refractivity contribution in [3.05, 3.63) is 0 Å². The van der Waals surface area contributed by atoms with E-state index in [1.54, 1.807) is 0 Å². The van der Waals surface area contributed by atoms with E-state index in [1.165, 1.54) is 65.1 Å². The molecular formula is C12H27N3. The summed E-state index contributed by atoms with van der Waals surface area (Å²) in [6, 6.07) is 0. The van der Waals surface area contributed by atoms with Gasteiger partial charge in [-0.15, -0.1) is 0 Å². The Kier molecular flexibility index (Phi) is 6.98. The molecule has 1 aliphatic rings. The van der Waals surface area contributed by atoms with Gasteiger partial charge in [-0.2, -0.15) is 0 Å². The first kappa shape index (κ1) is 12.9. The van der Waals surface area contributed by atoms with E-state index in [1.807, 2.05) is 0 Å². The van der Waals surface area contributed by atoms with Crippen LogP contribution in [0.4, 0.5) is 0 Å². The van der Waals surface area contributed by atoms with Gasteiger partial charge in [0.25, 0.3) is 0 Å². The number of nitrogens with one attached hydrogen (secondary N) is 1. The van der Waals surface area contributed by atoms with Crippen molar-refractivity contribution in [1.29, 1.82) is 0 Å². The second kappa shape index (κ2) is 8.08. The van der Waals surface area contributed by atoms with Gasteiger partial charge in [0.05, 0.1) is 0 Å². The van der Waals surface area contributed by atoms with Crippen LogP contribution in [0.2, 0.25) is 0 Å². The van der Waals surface area contributed by atoms with E-state index in [4.69, 9.17) is 0 Å². The van der Waals surface area contributed by atoms with Gasteiger partial charge < -0.3 is 15.1 Å². The van der Waals surface area contributed by atoms with Gasteiger partial charge in [-0.1, -0.05) is 6.92 Å². The Balaban J connectivity index is 1.91. The molecule has 0 aromatic rings. The zero-order chi connectivity index (χ0) is 10.9. The fourth-order valence-corrected chi connectivity index (χ4v) is 2.15. The van der Waals surface area contributed by atoms with Crippen LogP contribution in [0.5, 0.6) is 0 Å². The van der Waals surface area contributed by atoms with Crippen LogP contribution in [-0.4, -0.2) is 62.7 Å². The largest absolute Gasteiger partial charge is 0.314 e. The maximum absolute atomic E-state index is 3.39. The molecule has 0 aromatic heterocycles. The minimum atomic E-state index is 1.18. The summed E-state index contributed by atoms with van der Waals surface area (Å²) >= 11 is 0. The summed E-state index contributed by atoms with van der Waals surface area (Å²) in [5, 5.41) is 3.39. The van der Waals surface area contributed by atoms with E-state index in [0.717, 1.165) is 0 Å².